The topological polar surface area (TPSA) is 92.4 Å². The van der Waals surface area contributed by atoms with E-state index in [1.54, 1.807) is 0 Å². The van der Waals surface area contributed by atoms with Crippen LogP contribution < -0.4 is 20.7 Å². The van der Waals surface area contributed by atoms with Crippen molar-refractivity contribution in [1.82, 2.24) is 10.3 Å². The number of halogens is 5. The number of hydrogen-bond donors (Lipinski definition) is 3. The summed E-state index contributed by atoms with van der Waals surface area (Å²) in [6.45, 7) is 0. The third kappa shape index (κ3) is 6.19. The largest absolute Gasteiger partial charge is 0.457 e. The molecule has 1 aromatic heterocycles. The summed E-state index contributed by atoms with van der Waals surface area (Å²) in [7, 11) is 1.45. The van der Waals surface area contributed by atoms with Crippen molar-refractivity contribution in [2.45, 2.75) is 6.18 Å². The Morgan fingerprint density at radius 1 is 1.00 bits per heavy atom. The number of anilines is 2. The minimum atomic E-state index is -4.62. The van der Waals surface area contributed by atoms with Crippen molar-refractivity contribution in [3.8, 4) is 11.5 Å². The maximum atomic E-state index is 14.4. The lowest BCUT2D eigenvalue weighted by atomic mass is 10.2. The summed E-state index contributed by atoms with van der Waals surface area (Å²) >= 11 is 2.81. The number of pyridine rings is 1. The van der Waals surface area contributed by atoms with Gasteiger partial charge >= 0.3 is 12.2 Å². The minimum Gasteiger partial charge on any atom is -0.457 e. The van der Waals surface area contributed by atoms with Crippen LogP contribution in [0.15, 0.2) is 59.2 Å². The molecular formula is C21H15BrF4N4O3. The zero-order valence-electron chi connectivity index (χ0n) is 16.8. The number of amides is 3. The van der Waals surface area contributed by atoms with Gasteiger partial charge in [-0.3, -0.25) is 9.78 Å². The molecule has 3 aromatic rings. The third-order valence-corrected chi connectivity index (χ3v) is 4.84. The molecule has 3 amide bonds. The Morgan fingerprint density at radius 2 is 1.73 bits per heavy atom. The van der Waals surface area contributed by atoms with E-state index in [9.17, 15) is 27.2 Å². The zero-order chi connectivity index (χ0) is 24.2. The van der Waals surface area contributed by atoms with Gasteiger partial charge in [-0.15, -0.1) is 0 Å². The highest BCUT2D eigenvalue weighted by molar-refractivity contribution is 9.10. The van der Waals surface area contributed by atoms with Gasteiger partial charge in [0.25, 0.3) is 5.91 Å². The van der Waals surface area contributed by atoms with Crippen molar-refractivity contribution in [3.05, 3.63) is 76.3 Å². The maximum Gasteiger partial charge on any atom is 0.417 e. The van der Waals surface area contributed by atoms with E-state index < -0.39 is 29.5 Å². The van der Waals surface area contributed by atoms with Gasteiger partial charge in [-0.05, 0) is 36.4 Å². The average molecular weight is 527 g/mol. The van der Waals surface area contributed by atoms with Crippen LogP contribution in [0.1, 0.15) is 16.1 Å². The number of ether oxygens (including phenoxy) is 1. The number of aromatic nitrogens is 1. The highest BCUT2D eigenvalue weighted by atomic mass is 79.9. The number of alkyl halides is 3. The number of hydrogen-bond acceptors (Lipinski definition) is 4. The Kier molecular flexibility index (Phi) is 7.16. The van der Waals surface area contributed by atoms with Crippen LogP contribution in [0.4, 0.5) is 33.7 Å². The van der Waals surface area contributed by atoms with Crippen LogP contribution in [0.5, 0.6) is 11.5 Å². The molecule has 172 valence electrons. The van der Waals surface area contributed by atoms with E-state index in [2.05, 4.69) is 36.9 Å². The maximum absolute atomic E-state index is 14.4. The lowest BCUT2D eigenvalue weighted by Gasteiger charge is -2.13. The van der Waals surface area contributed by atoms with E-state index in [4.69, 9.17) is 4.74 Å². The molecule has 3 N–H and O–H groups in total. The molecule has 0 radical (unpaired) electrons. The summed E-state index contributed by atoms with van der Waals surface area (Å²) < 4.78 is 58.7. The van der Waals surface area contributed by atoms with E-state index in [1.165, 1.54) is 43.6 Å². The van der Waals surface area contributed by atoms with Gasteiger partial charge in [-0.25, -0.2) is 9.18 Å². The summed E-state index contributed by atoms with van der Waals surface area (Å²) in [5, 5.41) is 6.85. The average Bonchev–Trinajstić information content (AvgIpc) is 2.76. The van der Waals surface area contributed by atoms with Crippen LogP contribution in [0.2, 0.25) is 0 Å². The molecule has 0 atom stereocenters. The quantitative estimate of drug-likeness (QED) is 0.366. The van der Waals surface area contributed by atoms with Crippen molar-refractivity contribution in [2.75, 3.05) is 17.7 Å². The lowest BCUT2D eigenvalue weighted by molar-refractivity contribution is -0.138. The van der Waals surface area contributed by atoms with Gasteiger partial charge in [0.05, 0.1) is 11.3 Å². The van der Waals surface area contributed by atoms with Crippen molar-refractivity contribution in [1.29, 1.82) is 0 Å². The molecule has 2 aromatic carbocycles. The highest BCUT2D eigenvalue weighted by Crippen LogP contribution is 2.36. The predicted molar refractivity (Wildman–Crippen MR) is 116 cm³/mol. The van der Waals surface area contributed by atoms with E-state index >= 15 is 0 Å². The number of carbonyl (C=O) groups excluding carboxylic acids is 2. The van der Waals surface area contributed by atoms with E-state index in [0.717, 1.165) is 18.2 Å². The smallest absolute Gasteiger partial charge is 0.417 e. The fourth-order valence-corrected chi connectivity index (χ4v) is 3.10. The Bertz CT molecular complexity index is 1200. The first-order valence-corrected chi connectivity index (χ1v) is 9.96. The summed E-state index contributed by atoms with van der Waals surface area (Å²) in [5.41, 5.74) is -1.22. The predicted octanol–water partition coefficient (Wildman–Crippen LogP) is 5.80. The molecule has 12 heteroatoms. The Labute approximate surface area is 193 Å². The molecule has 1 heterocycles. The number of rotatable bonds is 5. The SMILES string of the molecule is CNC(=O)c1cc(Oc2ccc(NC(=O)Nc3ccc(Br)c(C(F)(F)F)c3)c(F)c2)ccn1. The molecule has 0 saturated heterocycles. The van der Waals surface area contributed by atoms with Crippen molar-refractivity contribution >= 4 is 39.2 Å². The first-order chi connectivity index (χ1) is 15.6. The van der Waals surface area contributed by atoms with Crippen LogP contribution in [0.3, 0.4) is 0 Å². The van der Waals surface area contributed by atoms with E-state index in [-0.39, 0.29) is 33.0 Å². The number of carbonyl (C=O) groups is 2. The van der Waals surface area contributed by atoms with Gasteiger partial charge in [0.15, 0.2) is 0 Å². The third-order valence-electron chi connectivity index (χ3n) is 4.15. The Balaban J connectivity index is 1.68. The van der Waals surface area contributed by atoms with E-state index in [0.29, 0.717) is 0 Å². The van der Waals surface area contributed by atoms with Crippen LogP contribution in [-0.4, -0.2) is 24.0 Å². The van der Waals surface area contributed by atoms with Gasteiger partial charge in [-0.1, -0.05) is 15.9 Å². The van der Waals surface area contributed by atoms with Gasteiger partial charge in [-0.2, -0.15) is 13.2 Å². The second-order valence-electron chi connectivity index (χ2n) is 6.47. The molecule has 0 aliphatic carbocycles. The van der Waals surface area contributed by atoms with Crippen LogP contribution in [-0.2, 0) is 6.18 Å². The van der Waals surface area contributed by atoms with Crippen molar-refractivity contribution < 1.29 is 31.9 Å². The summed E-state index contributed by atoms with van der Waals surface area (Å²) in [4.78, 5) is 27.7. The van der Waals surface area contributed by atoms with Gasteiger partial charge in [0, 0.05) is 35.5 Å². The molecule has 0 aliphatic rings. The number of nitrogens with one attached hydrogen (secondary N) is 3. The van der Waals surface area contributed by atoms with E-state index in [1.807, 2.05) is 0 Å². The Hall–Kier alpha value is -3.67. The molecule has 0 saturated carbocycles. The van der Waals surface area contributed by atoms with Crippen LogP contribution >= 0.6 is 15.9 Å². The highest BCUT2D eigenvalue weighted by Gasteiger charge is 2.33. The second kappa shape index (κ2) is 9.86. The van der Waals surface area contributed by atoms with Gasteiger partial charge < -0.3 is 20.7 Å². The Morgan fingerprint density at radius 3 is 2.39 bits per heavy atom. The lowest BCUT2D eigenvalue weighted by Crippen LogP contribution is -2.20. The fraction of sp³-hybridized carbons (Fsp3) is 0.0952. The molecule has 0 aliphatic heterocycles. The molecule has 0 bridgehead atoms. The summed E-state index contributed by atoms with van der Waals surface area (Å²) in [6, 6.07) is 8.61. The monoisotopic (exact) mass is 526 g/mol. The molecular weight excluding hydrogens is 512 g/mol. The summed E-state index contributed by atoms with van der Waals surface area (Å²) in [6.07, 6.45) is -3.27. The number of nitrogens with zero attached hydrogens (tertiary/aromatic N) is 1. The van der Waals surface area contributed by atoms with Crippen LogP contribution in [0.25, 0.3) is 0 Å². The van der Waals surface area contributed by atoms with Gasteiger partial charge in [0.1, 0.15) is 23.0 Å². The molecule has 0 unspecified atom stereocenters. The zero-order valence-corrected chi connectivity index (χ0v) is 18.3. The molecule has 3 rings (SSSR count). The first kappa shape index (κ1) is 24.0. The van der Waals surface area contributed by atoms with Gasteiger partial charge in [0.2, 0.25) is 0 Å². The number of urea groups is 1. The second-order valence-corrected chi connectivity index (χ2v) is 7.33. The standard InChI is InChI=1S/C21H15BrF4N4O3/c1-27-19(31)18-10-13(6-7-28-18)33-12-3-5-17(16(23)9-12)30-20(32)29-11-2-4-15(22)14(8-11)21(24,25)26/h2-10H,1H3,(H,27,31)(H2,29,30,32). The molecule has 7 nitrogen and oxygen atoms in total. The van der Waals surface area contributed by atoms with Crippen LogP contribution in [0, 0.1) is 5.82 Å². The van der Waals surface area contributed by atoms with Crippen molar-refractivity contribution in [2.24, 2.45) is 0 Å². The summed E-state index contributed by atoms with van der Waals surface area (Å²) in [5.74, 6) is -0.965. The molecule has 33 heavy (non-hydrogen) atoms. The van der Waals surface area contributed by atoms with Crippen molar-refractivity contribution in [3.63, 3.8) is 0 Å². The molecule has 0 spiro atoms. The number of benzene rings is 2. The molecule has 0 fully saturated rings. The normalized spacial score (nSPS) is 11.0. The minimum absolute atomic E-state index is 0.0789. The first-order valence-electron chi connectivity index (χ1n) is 9.17. The fourth-order valence-electron chi connectivity index (χ4n) is 2.63.